The van der Waals surface area contributed by atoms with Gasteiger partial charge in [-0.05, 0) is 79.3 Å². The monoisotopic (exact) mass is 582 g/mol. The molecule has 1 aliphatic carbocycles. The molecule has 1 amide bonds. The maximum Gasteiger partial charge on any atom is 0.407 e. The summed E-state index contributed by atoms with van der Waals surface area (Å²) in [5, 5.41) is 4.24. The van der Waals surface area contributed by atoms with Crippen molar-refractivity contribution in [3.8, 4) is 5.75 Å². The van der Waals surface area contributed by atoms with Crippen molar-refractivity contribution in [1.29, 1.82) is 0 Å². The van der Waals surface area contributed by atoms with Gasteiger partial charge in [0.25, 0.3) is 0 Å². The van der Waals surface area contributed by atoms with Crippen LogP contribution in [0.4, 0.5) is 9.80 Å². The van der Waals surface area contributed by atoms with Crippen molar-refractivity contribution in [2.45, 2.75) is 38.1 Å². The highest BCUT2D eigenvalue weighted by molar-refractivity contribution is 7.74. The molecule has 0 bridgehead atoms. The number of rotatable bonds is 10. The maximum atomic E-state index is 12.3. The Balaban J connectivity index is 1.53. The van der Waals surface area contributed by atoms with Crippen LogP contribution in [-0.4, -0.2) is 40.3 Å². The number of halogens is 2. The van der Waals surface area contributed by atoms with Gasteiger partial charge in [0, 0.05) is 17.0 Å². The van der Waals surface area contributed by atoms with E-state index in [-0.39, 0.29) is 25.1 Å². The second kappa shape index (κ2) is 12.9. The summed E-state index contributed by atoms with van der Waals surface area (Å²) in [5.74, 6) is 0.618. The molecule has 2 unspecified atom stereocenters. The van der Waals surface area contributed by atoms with E-state index < -0.39 is 17.0 Å². The number of alkyl carbamates (subject to hydrolysis) is 1. The number of hydrogen-bond acceptors (Lipinski definition) is 6. The highest BCUT2D eigenvalue weighted by atomic mass is 35.5. The van der Waals surface area contributed by atoms with Crippen LogP contribution in [0.3, 0.4) is 0 Å². The van der Waals surface area contributed by atoms with Crippen molar-refractivity contribution < 1.29 is 22.7 Å². The third-order valence-electron chi connectivity index (χ3n) is 6.23. The molecule has 0 radical (unpaired) electrons. The Morgan fingerprint density at radius 2 is 2.00 bits per heavy atom. The van der Waals surface area contributed by atoms with Crippen LogP contribution in [0.1, 0.15) is 36.0 Å². The maximum absolute atomic E-state index is 12.3. The average molecular weight is 584 g/mol. The van der Waals surface area contributed by atoms with Gasteiger partial charge in [-0.3, -0.25) is 4.31 Å². The van der Waals surface area contributed by atoms with Crippen LogP contribution in [0.15, 0.2) is 54.6 Å². The lowest BCUT2D eigenvalue weighted by molar-refractivity contribution is 0.144. The SMILES string of the molecule is CCOC(=O)NC1CCc2ccc(OCCN(c3ccc(Cl)s3)[SH](=O)=O)cc2C1Cc1cccc(Cl)c1. The second-order valence-corrected chi connectivity index (χ2v) is 11.7. The Bertz CT molecular complexity index is 1310. The molecule has 0 aliphatic heterocycles. The third-order valence-corrected chi connectivity index (χ3v) is 8.67. The summed E-state index contributed by atoms with van der Waals surface area (Å²) in [6.07, 6.45) is 1.84. The molecule has 1 N–H and O–H groups in total. The number of nitrogens with one attached hydrogen (secondary N) is 1. The van der Waals surface area contributed by atoms with E-state index in [0.717, 1.165) is 24.0 Å². The Hall–Kier alpha value is -2.46. The lowest BCUT2D eigenvalue weighted by Crippen LogP contribution is -2.43. The third kappa shape index (κ3) is 7.31. The molecular formula is C26H28Cl2N2O5S2. The Kier molecular flexibility index (Phi) is 9.59. The predicted octanol–water partition coefficient (Wildman–Crippen LogP) is 5.85. The highest BCUT2D eigenvalue weighted by Gasteiger charge is 2.31. The summed E-state index contributed by atoms with van der Waals surface area (Å²) in [7, 11) is -2.83. The van der Waals surface area contributed by atoms with E-state index in [1.807, 2.05) is 42.5 Å². The van der Waals surface area contributed by atoms with Crippen LogP contribution in [-0.2, 0) is 28.5 Å². The standard InChI is InChI=1S/C26H28Cl2N2O5S2/c1-2-34-26(31)29-23-9-7-18-6-8-20(16-21(18)22(23)15-17-4-3-5-19(27)14-17)35-13-12-30(37(32)33)25-11-10-24(28)36-25/h3-6,8,10-11,14,16,22-23,37H,2,7,9,12-13,15H2,1H3,(H,29,31). The number of thiol groups is 1. The summed E-state index contributed by atoms with van der Waals surface area (Å²) in [6.45, 7) is 2.41. The Morgan fingerprint density at radius 1 is 1.16 bits per heavy atom. The zero-order valence-electron chi connectivity index (χ0n) is 20.2. The van der Waals surface area contributed by atoms with E-state index in [1.54, 1.807) is 19.1 Å². The van der Waals surface area contributed by atoms with Crippen molar-refractivity contribution in [1.82, 2.24) is 5.32 Å². The van der Waals surface area contributed by atoms with Gasteiger partial charge in [-0.25, -0.2) is 13.2 Å². The number of anilines is 1. The molecule has 37 heavy (non-hydrogen) atoms. The second-order valence-electron chi connectivity index (χ2n) is 8.60. The fourth-order valence-corrected chi connectivity index (χ4v) is 6.57. The lowest BCUT2D eigenvalue weighted by Gasteiger charge is -2.34. The summed E-state index contributed by atoms with van der Waals surface area (Å²) in [6, 6.07) is 16.9. The molecule has 2 atom stereocenters. The van der Waals surface area contributed by atoms with Crippen molar-refractivity contribution in [2.75, 3.05) is 24.1 Å². The number of amides is 1. The first-order valence-electron chi connectivity index (χ1n) is 11.9. The lowest BCUT2D eigenvalue weighted by atomic mass is 9.76. The number of fused-ring (bicyclic) bond motifs is 1. The number of aryl methyl sites for hydroxylation is 1. The minimum atomic E-state index is -2.83. The number of benzene rings is 2. The first-order valence-corrected chi connectivity index (χ1v) is 14.6. The molecule has 11 heteroatoms. The van der Waals surface area contributed by atoms with Gasteiger partial charge in [-0.2, -0.15) is 0 Å². The van der Waals surface area contributed by atoms with Crippen LogP contribution in [0.25, 0.3) is 0 Å². The molecule has 0 saturated carbocycles. The van der Waals surface area contributed by atoms with Gasteiger partial charge >= 0.3 is 6.09 Å². The molecule has 198 valence electrons. The molecule has 1 heterocycles. The zero-order valence-corrected chi connectivity index (χ0v) is 23.4. The van der Waals surface area contributed by atoms with Gasteiger partial charge in [0.2, 0.25) is 10.9 Å². The zero-order chi connectivity index (χ0) is 26.4. The number of carbonyl (C=O) groups excluding carboxylic acids is 1. The highest BCUT2D eigenvalue weighted by Crippen LogP contribution is 2.37. The van der Waals surface area contributed by atoms with Gasteiger partial charge in [0.15, 0.2) is 0 Å². The van der Waals surface area contributed by atoms with Gasteiger partial charge in [0.05, 0.1) is 17.5 Å². The van der Waals surface area contributed by atoms with Crippen molar-refractivity contribution >= 4 is 56.5 Å². The summed E-state index contributed by atoms with van der Waals surface area (Å²) >= 11 is 13.4. The van der Waals surface area contributed by atoms with E-state index >= 15 is 0 Å². The van der Waals surface area contributed by atoms with E-state index in [9.17, 15) is 13.2 Å². The van der Waals surface area contributed by atoms with Crippen LogP contribution in [0.2, 0.25) is 9.36 Å². The van der Waals surface area contributed by atoms with E-state index in [1.165, 1.54) is 21.2 Å². The molecule has 2 aromatic carbocycles. The number of hydrogen-bond donors (Lipinski definition) is 2. The van der Waals surface area contributed by atoms with Gasteiger partial charge in [-0.1, -0.05) is 41.4 Å². The van der Waals surface area contributed by atoms with Crippen LogP contribution < -0.4 is 14.4 Å². The molecule has 0 fully saturated rings. The average Bonchev–Trinajstić information content (AvgIpc) is 3.29. The minimum absolute atomic E-state index is 0.0175. The molecule has 7 nitrogen and oxygen atoms in total. The van der Waals surface area contributed by atoms with Crippen molar-refractivity contribution in [3.05, 3.63) is 80.6 Å². The van der Waals surface area contributed by atoms with Crippen LogP contribution >= 0.6 is 34.5 Å². The normalized spacial score (nSPS) is 16.8. The molecule has 3 aromatic rings. The Labute approximate surface area is 232 Å². The molecule has 4 rings (SSSR count). The van der Waals surface area contributed by atoms with E-state index in [2.05, 4.69) is 5.32 Å². The smallest absolute Gasteiger partial charge is 0.407 e. The van der Waals surface area contributed by atoms with Crippen molar-refractivity contribution in [3.63, 3.8) is 0 Å². The fourth-order valence-electron chi connectivity index (χ4n) is 4.60. The van der Waals surface area contributed by atoms with Crippen LogP contribution in [0, 0.1) is 0 Å². The first kappa shape index (κ1) is 27.6. The molecule has 1 aromatic heterocycles. The number of nitrogens with zero attached hydrogens (tertiary/aromatic N) is 1. The van der Waals surface area contributed by atoms with Crippen LogP contribution in [0.5, 0.6) is 5.75 Å². The molecule has 0 saturated heterocycles. The topological polar surface area (TPSA) is 84.9 Å². The van der Waals surface area contributed by atoms with E-state index in [4.69, 9.17) is 32.7 Å². The summed E-state index contributed by atoms with van der Waals surface area (Å²) in [5.41, 5.74) is 3.35. The van der Waals surface area contributed by atoms with Gasteiger partial charge in [-0.15, -0.1) is 11.3 Å². The Morgan fingerprint density at radius 3 is 2.70 bits per heavy atom. The molecule has 0 spiro atoms. The summed E-state index contributed by atoms with van der Waals surface area (Å²) in [4.78, 5) is 12.3. The van der Waals surface area contributed by atoms with Crippen molar-refractivity contribution in [2.24, 2.45) is 0 Å². The molecular weight excluding hydrogens is 555 g/mol. The minimum Gasteiger partial charge on any atom is -0.492 e. The number of carbonyl (C=O) groups is 1. The van der Waals surface area contributed by atoms with Gasteiger partial charge in [0.1, 0.15) is 17.4 Å². The molecule has 1 aliphatic rings. The predicted molar refractivity (Wildman–Crippen MR) is 149 cm³/mol. The fraction of sp³-hybridized carbons (Fsp3) is 0.346. The quantitative estimate of drug-likeness (QED) is 0.293. The van der Waals surface area contributed by atoms with E-state index in [0.29, 0.717) is 33.1 Å². The summed E-state index contributed by atoms with van der Waals surface area (Å²) < 4.78 is 36.4. The first-order chi connectivity index (χ1) is 17.8. The van der Waals surface area contributed by atoms with Gasteiger partial charge < -0.3 is 14.8 Å². The number of ether oxygens (including phenoxy) is 2. The number of thiophene rings is 1. The largest absolute Gasteiger partial charge is 0.492 e.